The lowest BCUT2D eigenvalue weighted by Crippen LogP contribution is -2.21. The van der Waals surface area contributed by atoms with Crippen molar-refractivity contribution in [3.8, 4) is 0 Å². The standard InChI is InChI=1S/C9H14N4/c10-8-4-5-11-9(13-8)12-6-7-2-1-3-7/h4-5,7H,1-3,6H2,(H3,10,11,12,13). The third-order valence-corrected chi connectivity index (χ3v) is 2.45. The molecule has 1 fully saturated rings. The zero-order chi connectivity index (χ0) is 9.10. The first-order valence-corrected chi connectivity index (χ1v) is 4.67. The van der Waals surface area contributed by atoms with Crippen LogP contribution in [0.1, 0.15) is 19.3 Å². The normalized spacial score (nSPS) is 16.6. The minimum atomic E-state index is 0.520. The van der Waals surface area contributed by atoms with Gasteiger partial charge in [0, 0.05) is 12.7 Å². The molecule has 0 saturated heterocycles. The molecule has 1 aliphatic rings. The number of nitrogen functional groups attached to an aromatic ring is 1. The van der Waals surface area contributed by atoms with Gasteiger partial charge >= 0.3 is 0 Å². The third kappa shape index (κ3) is 2.08. The molecule has 4 heteroatoms. The summed E-state index contributed by atoms with van der Waals surface area (Å²) in [5.74, 6) is 1.98. The van der Waals surface area contributed by atoms with Crippen LogP contribution in [-0.4, -0.2) is 16.5 Å². The van der Waals surface area contributed by atoms with Crippen LogP contribution in [0, 0.1) is 5.92 Å². The van der Waals surface area contributed by atoms with Crippen LogP contribution in [0.3, 0.4) is 0 Å². The lowest BCUT2D eigenvalue weighted by Gasteiger charge is -2.25. The molecule has 0 bridgehead atoms. The Morgan fingerprint density at radius 2 is 2.38 bits per heavy atom. The van der Waals surface area contributed by atoms with Crippen molar-refractivity contribution in [1.29, 1.82) is 0 Å². The number of rotatable bonds is 3. The van der Waals surface area contributed by atoms with Crippen LogP contribution in [0.25, 0.3) is 0 Å². The minimum Gasteiger partial charge on any atom is -0.384 e. The molecule has 3 N–H and O–H groups in total. The van der Waals surface area contributed by atoms with E-state index in [0.29, 0.717) is 11.8 Å². The molecule has 2 rings (SSSR count). The summed E-state index contributed by atoms with van der Waals surface area (Å²) in [5, 5.41) is 3.19. The van der Waals surface area contributed by atoms with Crippen LogP contribution in [0.4, 0.5) is 11.8 Å². The van der Waals surface area contributed by atoms with Crippen LogP contribution in [-0.2, 0) is 0 Å². The Bertz CT molecular complexity index is 283. The van der Waals surface area contributed by atoms with Gasteiger partial charge in [0.25, 0.3) is 0 Å². The van der Waals surface area contributed by atoms with Crippen LogP contribution >= 0.6 is 0 Å². The second kappa shape index (κ2) is 3.60. The summed E-state index contributed by atoms with van der Waals surface area (Å²) in [4.78, 5) is 8.13. The quantitative estimate of drug-likeness (QED) is 0.731. The van der Waals surface area contributed by atoms with Crippen molar-refractivity contribution in [3.05, 3.63) is 12.3 Å². The Labute approximate surface area is 77.6 Å². The molecule has 0 radical (unpaired) electrons. The van der Waals surface area contributed by atoms with Crippen molar-refractivity contribution < 1.29 is 0 Å². The van der Waals surface area contributed by atoms with Gasteiger partial charge in [-0.05, 0) is 24.8 Å². The second-order valence-electron chi connectivity index (χ2n) is 3.48. The van der Waals surface area contributed by atoms with E-state index in [1.807, 2.05) is 0 Å². The summed E-state index contributed by atoms with van der Waals surface area (Å²) in [6.07, 6.45) is 5.69. The molecule has 70 valence electrons. The Balaban J connectivity index is 1.86. The molecule has 0 aromatic carbocycles. The average molecular weight is 178 g/mol. The van der Waals surface area contributed by atoms with Crippen LogP contribution < -0.4 is 11.1 Å². The molecule has 0 spiro atoms. The first kappa shape index (κ1) is 8.29. The molecule has 0 amide bonds. The van der Waals surface area contributed by atoms with Crippen molar-refractivity contribution >= 4 is 11.8 Å². The number of nitrogens with two attached hydrogens (primary N) is 1. The summed E-state index contributed by atoms with van der Waals surface area (Å²) in [6, 6.07) is 1.69. The summed E-state index contributed by atoms with van der Waals surface area (Å²) >= 11 is 0. The Morgan fingerprint density at radius 3 is 3.00 bits per heavy atom. The lowest BCUT2D eigenvalue weighted by molar-refractivity contribution is 0.333. The fourth-order valence-electron chi connectivity index (χ4n) is 1.39. The molecule has 0 aliphatic heterocycles. The maximum atomic E-state index is 5.52. The van der Waals surface area contributed by atoms with E-state index < -0.39 is 0 Å². The minimum absolute atomic E-state index is 0.520. The van der Waals surface area contributed by atoms with Gasteiger partial charge in [-0.25, -0.2) is 4.98 Å². The second-order valence-corrected chi connectivity index (χ2v) is 3.48. The van der Waals surface area contributed by atoms with E-state index in [1.54, 1.807) is 12.3 Å². The predicted molar refractivity (Wildman–Crippen MR) is 52.3 cm³/mol. The largest absolute Gasteiger partial charge is 0.384 e. The monoisotopic (exact) mass is 178 g/mol. The zero-order valence-electron chi connectivity index (χ0n) is 7.53. The van der Waals surface area contributed by atoms with Gasteiger partial charge in [0.1, 0.15) is 5.82 Å². The van der Waals surface area contributed by atoms with Crippen molar-refractivity contribution in [1.82, 2.24) is 9.97 Å². The molecule has 1 saturated carbocycles. The van der Waals surface area contributed by atoms with Crippen molar-refractivity contribution in [2.45, 2.75) is 19.3 Å². The highest BCUT2D eigenvalue weighted by Crippen LogP contribution is 2.25. The highest BCUT2D eigenvalue weighted by molar-refractivity contribution is 5.34. The molecule has 13 heavy (non-hydrogen) atoms. The maximum absolute atomic E-state index is 5.52. The van der Waals surface area contributed by atoms with Crippen LogP contribution in [0.2, 0.25) is 0 Å². The van der Waals surface area contributed by atoms with Gasteiger partial charge in [-0.2, -0.15) is 4.98 Å². The SMILES string of the molecule is Nc1ccnc(NCC2CCC2)n1. The molecule has 1 heterocycles. The first-order valence-electron chi connectivity index (χ1n) is 4.67. The number of aromatic nitrogens is 2. The number of hydrogen-bond acceptors (Lipinski definition) is 4. The summed E-state index contributed by atoms with van der Waals surface area (Å²) in [5.41, 5.74) is 5.52. The molecule has 0 unspecified atom stereocenters. The van der Waals surface area contributed by atoms with Crippen molar-refractivity contribution in [3.63, 3.8) is 0 Å². The van der Waals surface area contributed by atoms with E-state index in [9.17, 15) is 0 Å². The number of hydrogen-bond donors (Lipinski definition) is 2. The van der Waals surface area contributed by atoms with Gasteiger partial charge < -0.3 is 11.1 Å². The van der Waals surface area contributed by atoms with Crippen LogP contribution in [0.15, 0.2) is 12.3 Å². The zero-order valence-corrected chi connectivity index (χ0v) is 7.53. The average Bonchev–Trinajstić information content (AvgIpc) is 2.01. The lowest BCUT2D eigenvalue weighted by atomic mass is 9.85. The molecule has 1 aliphatic carbocycles. The van der Waals surface area contributed by atoms with Gasteiger partial charge in [0.05, 0.1) is 0 Å². The molecule has 4 nitrogen and oxygen atoms in total. The van der Waals surface area contributed by atoms with E-state index in [1.165, 1.54) is 19.3 Å². The molecular weight excluding hydrogens is 164 g/mol. The van der Waals surface area contributed by atoms with Gasteiger partial charge in [-0.1, -0.05) is 6.42 Å². The van der Waals surface area contributed by atoms with E-state index in [4.69, 9.17) is 5.73 Å². The van der Waals surface area contributed by atoms with Gasteiger partial charge in [-0.3, -0.25) is 0 Å². The van der Waals surface area contributed by atoms with Crippen molar-refractivity contribution in [2.24, 2.45) is 5.92 Å². The molecule has 1 aromatic heterocycles. The first-order chi connectivity index (χ1) is 6.34. The van der Waals surface area contributed by atoms with Crippen molar-refractivity contribution in [2.75, 3.05) is 17.6 Å². The van der Waals surface area contributed by atoms with E-state index in [0.717, 1.165) is 12.5 Å². The van der Waals surface area contributed by atoms with Gasteiger partial charge in [-0.15, -0.1) is 0 Å². The number of nitrogens with one attached hydrogen (secondary N) is 1. The summed E-state index contributed by atoms with van der Waals surface area (Å²) in [7, 11) is 0. The molecule has 0 atom stereocenters. The maximum Gasteiger partial charge on any atom is 0.224 e. The van der Waals surface area contributed by atoms with Gasteiger partial charge in [0.15, 0.2) is 0 Å². The molecular formula is C9H14N4. The fraction of sp³-hybridized carbons (Fsp3) is 0.556. The Kier molecular flexibility index (Phi) is 2.29. The number of nitrogens with zero attached hydrogens (tertiary/aromatic N) is 2. The summed E-state index contributed by atoms with van der Waals surface area (Å²) in [6.45, 7) is 0.976. The van der Waals surface area contributed by atoms with Crippen LogP contribution in [0.5, 0.6) is 0 Å². The molecule has 1 aromatic rings. The van der Waals surface area contributed by atoms with E-state index >= 15 is 0 Å². The topological polar surface area (TPSA) is 63.8 Å². The fourth-order valence-corrected chi connectivity index (χ4v) is 1.39. The van der Waals surface area contributed by atoms with Gasteiger partial charge in [0.2, 0.25) is 5.95 Å². The highest BCUT2D eigenvalue weighted by atomic mass is 15.1. The van der Waals surface area contributed by atoms with E-state index in [-0.39, 0.29) is 0 Å². The van der Waals surface area contributed by atoms with E-state index in [2.05, 4.69) is 15.3 Å². The smallest absolute Gasteiger partial charge is 0.224 e. The summed E-state index contributed by atoms with van der Waals surface area (Å²) < 4.78 is 0. The Morgan fingerprint density at radius 1 is 1.54 bits per heavy atom. The Hall–Kier alpha value is -1.32. The third-order valence-electron chi connectivity index (χ3n) is 2.45. The number of anilines is 2. The highest BCUT2D eigenvalue weighted by Gasteiger charge is 2.16. The predicted octanol–water partition coefficient (Wildman–Crippen LogP) is 1.27.